The molecule has 138 valence electrons. The van der Waals surface area contributed by atoms with Crippen LogP contribution in [0, 0.1) is 0 Å². The van der Waals surface area contributed by atoms with Crippen LogP contribution in [-0.2, 0) is 9.53 Å². The topological polar surface area (TPSA) is 69.2 Å². The van der Waals surface area contributed by atoms with Gasteiger partial charge in [0, 0.05) is 17.7 Å². The molecule has 2 aromatic carbocycles. The predicted molar refractivity (Wildman–Crippen MR) is 104 cm³/mol. The van der Waals surface area contributed by atoms with E-state index in [0.29, 0.717) is 32.1 Å². The number of amides is 1. The summed E-state index contributed by atoms with van der Waals surface area (Å²) in [6, 6.07) is 10.4. The lowest BCUT2D eigenvalue weighted by Gasteiger charge is -2.13. The minimum Gasteiger partial charge on any atom is -0.495 e. The molecule has 0 aliphatic rings. The maximum absolute atomic E-state index is 12.3. The van der Waals surface area contributed by atoms with Crippen molar-refractivity contribution in [3.63, 3.8) is 0 Å². The molecule has 8 heteroatoms. The predicted octanol–water partition coefficient (Wildman–Crippen LogP) is 3.96. The van der Waals surface area contributed by atoms with Crippen molar-refractivity contribution in [2.75, 3.05) is 21.3 Å². The molecule has 1 atom stereocenters. The zero-order chi connectivity index (χ0) is 19.1. The molecule has 1 N–H and O–H groups in total. The molecule has 0 radical (unpaired) electrons. The van der Waals surface area contributed by atoms with E-state index in [9.17, 15) is 4.79 Å². The van der Waals surface area contributed by atoms with Crippen LogP contribution < -0.4 is 14.9 Å². The number of nitrogens with zero attached hydrogens (tertiary/aromatic N) is 1. The van der Waals surface area contributed by atoms with Crippen LogP contribution >= 0.6 is 27.5 Å². The third kappa shape index (κ3) is 4.97. The van der Waals surface area contributed by atoms with Gasteiger partial charge in [0.15, 0.2) is 6.10 Å². The van der Waals surface area contributed by atoms with Crippen molar-refractivity contribution < 1.29 is 19.0 Å². The summed E-state index contributed by atoms with van der Waals surface area (Å²) in [5.74, 6) is 0.781. The van der Waals surface area contributed by atoms with Crippen LogP contribution in [0.4, 0.5) is 0 Å². The van der Waals surface area contributed by atoms with Crippen molar-refractivity contribution in [1.82, 2.24) is 5.43 Å². The summed E-state index contributed by atoms with van der Waals surface area (Å²) in [5, 5.41) is 4.56. The summed E-state index contributed by atoms with van der Waals surface area (Å²) in [4.78, 5) is 12.3. The van der Waals surface area contributed by atoms with Crippen molar-refractivity contribution in [3.05, 3.63) is 57.0 Å². The molecule has 0 heterocycles. The highest BCUT2D eigenvalue weighted by atomic mass is 79.9. The average molecular weight is 442 g/mol. The molecular formula is C18H18BrClN2O4. The van der Waals surface area contributed by atoms with Gasteiger partial charge in [-0.25, -0.2) is 5.43 Å². The molecule has 2 aromatic rings. The van der Waals surface area contributed by atoms with Crippen LogP contribution in [0.1, 0.15) is 17.2 Å². The van der Waals surface area contributed by atoms with Gasteiger partial charge in [-0.2, -0.15) is 5.10 Å². The summed E-state index contributed by atoms with van der Waals surface area (Å²) in [6.07, 6.45) is 0.697. The van der Waals surface area contributed by atoms with E-state index in [0.717, 1.165) is 0 Å². The first kappa shape index (κ1) is 20.2. The van der Waals surface area contributed by atoms with Gasteiger partial charge in [0.1, 0.15) is 16.0 Å². The second-order valence-corrected chi connectivity index (χ2v) is 6.37. The highest BCUT2D eigenvalue weighted by Crippen LogP contribution is 2.35. The number of ether oxygens (including phenoxy) is 3. The largest absolute Gasteiger partial charge is 0.495 e. The van der Waals surface area contributed by atoms with Crippen molar-refractivity contribution in [2.45, 2.75) is 6.10 Å². The first-order chi connectivity index (χ1) is 12.5. The Morgan fingerprint density at radius 2 is 1.73 bits per heavy atom. The Kier molecular flexibility index (Phi) is 7.44. The SMILES string of the molecule is COc1cc(/C=N/NC(=O)C(OC)c2ccc(Cl)cc2)cc(OC)c1Br. The Morgan fingerprint density at radius 3 is 2.23 bits per heavy atom. The zero-order valence-corrected chi connectivity index (χ0v) is 16.8. The minimum atomic E-state index is -0.793. The molecule has 1 unspecified atom stereocenters. The van der Waals surface area contributed by atoms with Crippen LogP contribution in [0.15, 0.2) is 46.0 Å². The standard InChI is InChI=1S/C18H18BrClN2O4/c1-24-14-8-11(9-15(25-2)16(14)19)10-21-22-18(23)17(26-3)12-4-6-13(20)7-5-12/h4-10,17H,1-3H3,(H,22,23)/b21-10+. The van der Waals surface area contributed by atoms with Gasteiger partial charge < -0.3 is 14.2 Å². The lowest BCUT2D eigenvalue weighted by Crippen LogP contribution is -2.26. The Balaban J connectivity index is 2.11. The molecule has 0 fully saturated rings. The van der Waals surface area contributed by atoms with E-state index in [4.69, 9.17) is 25.8 Å². The zero-order valence-electron chi connectivity index (χ0n) is 14.5. The summed E-state index contributed by atoms with van der Waals surface area (Å²) < 4.78 is 16.5. The van der Waals surface area contributed by atoms with E-state index in [1.165, 1.54) is 13.3 Å². The Labute approximate surface area is 165 Å². The van der Waals surface area contributed by atoms with Gasteiger partial charge >= 0.3 is 0 Å². The van der Waals surface area contributed by atoms with Gasteiger partial charge in [0.05, 0.1) is 20.4 Å². The number of hydrazone groups is 1. The third-order valence-electron chi connectivity index (χ3n) is 3.50. The number of carbonyl (C=O) groups excluding carboxylic acids is 1. The highest BCUT2D eigenvalue weighted by molar-refractivity contribution is 9.10. The molecule has 1 amide bonds. The number of carbonyl (C=O) groups is 1. The molecule has 26 heavy (non-hydrogen) atoms. The van der Waals surface area contributed by atoms with Gasteiger partial charge in [0.2, 0.25) is 0 Å². The van der Waals surface area contributed by atoms with Crippen molar-refractivity contribution in [3.8, 4) is 11.5 Å². The summed E-state index contributed by atoms with van der Waals surface area (Å²) in [7, 11) is 4.56. The summed E-state index contributed by atoms with van der Waals surface area (Å²) >= 11 is 9.26. The van der Waals surface area contributed by atoms with Gasteiger partial charge in [-0.3, -0.25) is 4.79 Å². The van der Waals surface area contributed by atoms with E-state index < -0.39 is 12.0 Å². The number of rotatable bonds is 7. The van der Waals surface area contributed by atoms with Gasteiger partial charge in [-0.15, -0.1) is 0 Å². The molecule has 0 aliphatic heterocycles. The lowest BCUT2D eigenvalue weighted by molar-refractivity contribution is -0.131. The third-order valence-corrected chi connectivity index (χ3v) is 4.54. The monoisotopic (exact) mass is 440 g/mol. The van der Waals surface area contributed by atoms with Crippen molar-refractivity contribution >= 4 is 39.7 Å². The van der Waals surface area contributed by atoms with E-state index in [1.807, 2.05) is 0 Å². The van der Waals surface area contributed by atoms with E-state index in [2.05, 4.69) is 26.5 Å². The van der Waals surface area contributed by atoms with Gasteiger partial charge in [-0.1, -0.05) is 23.7 Å². The second kappa shape index (κ2) is 9.56. The number of hydrogen-bond acceptors (Lipinski definition) is 5. The molecule has 0 saturated heterocycles. The van der Waals surface area contributed by atoms with Crippen LogP contribution in [0.25, 0.3) is 0 Å². The van der Waals surface area contributed by atoms with Crippen LogP contribution in [-0.4, -0.2) is 33.5 Å². The molecule has 0 aromatic heterocycles. The summed E-state index contributed by atoms with van der Waals surface area (Å²) in [5.41, 5.74) is 3.84. The molecule has 6 nitrogen and oxygen atoms in total. The van der Waals surface area contributed by atoms with Crippen molar-refractivity contribution in [1.29, 1.82) is 0 Å². The quantitative estimate of drug-likeness (QED) is 0.522. The molecule has 0 bridgehead atoms. The van der Waals surface area contributed by atoms with E-state index >= 15 is 0 Å². The number of benzene rings is 2. The Bertz CT molecular complexity index is 771. The van der Waals surface area contributed by atoms with Crippen LogP contribution in [0.5, 0.6) is 11.5 Å². The molecule has 0 saturated carbocycles. The molecule has 0 aliphatic carbocycles. The Morgan fingerprint density at radius 1 is 1.15 bits per heavy atom. The maximum Gasteiger partial charge on any atom is 0.273 e. The van der Waals surface area contributed by atoms with Crippen LogP contribution in [0.3, 0.4) is 0 Å². The first-order valence-electron chi connectivity index (χ1n) is 7.52. The fourth-order valence-corrected chi connectivity index (χ4v) is 2.90. The fraction of sp³-hybridized carbons (Fsp3) is 0.222. The number of nitrogens with one attached hydrogen (secondary N) is 1. The molecule has 0 spiro atoms. The average Bonchev–Trinajstić information content (AvgIpc) is 2.65. The first-order valence-corrected chi connectivity index (χ1v) is 8.70. The minimum absolute atomic E-state index is 0.401. The molecule has 2 rings (SSSR count). The number of halogens is 2. The fourth-order valence-electron chi connectivity index (χ4n) is 2.23. The van der Waals surface area contributed by atoms with Crippen LogP contribution in [0.2, 0.25) is 5.02 Å². The summed E-state index contributed by atoms with van der Waals surface area (Å²) in [6.45, 7) is 0. The maximum atomic E-state index is 12.3. The number of hydrogen-bond donors (Lipinski definition) is 1. The van der Waals surface area contributed by atoms with Gasteiger partial charge in [-0.05, 0) is 45.8 Å². The van der Waals surface area contributed by atoms with Crippen molar-refractivity contribution in [2.24, 2.45) is 5.10 Å². The van der Waals surface area contributed by atoms with Gasteiger partial charge in [0.25, 0.3) is 5.91 Å². The normalized spacial score (nSPS) is 12.0. The highest BCUT2D eigenvalue weighted by Gasteiger charge is 2.19. The lowest BCUT2D eigenvalue weighted by atomic mass is 10.1. The van der Waals surface area contributed by atoms with E-state index in [-0.39, 0.29) is 0 Å². The molecular weight excluding hydrogens is 424 g/mol. The second-order valence-electron chi connectivity index (χ2n) is 5.14. The number of methoxy groups -OCH3 is 3. The Hall–Kier alpha value is -2.09. The smallest absolute Gasteiger partial charge is 0.273 e. The van der Waals surface area contributed by atoms with E-state index in [1.54, 1.807) is 50.6 Å².